The Hall–Kier alpha value is -2.49. The third kappa shape index (κ3) is 3.80. The molecule has 27 heavy (non-hydrogen) atoms. The zero-order chi connectivity index (χ0) is 19.6. The molecular weight excluding hydrogens is 338 g/mol. The van der Waals surface area contributed by atoms with Gasteiger partial charge in [-0.05, 0) is 56.9 Å². The summed E-state index contributed by atoms with van der Waals surface area (Å²) in [6.45, 7) is 7.48. The van der Waals surface area contributed by atoms with Gasteiger partial charge in [-0.2, -0.15) is 0 Å². The minimum atomic E-state index is -0.344. The number of methoxy groups -OCH3 is 2. The number of rotatable bonds is 7. The zero-order valence-electron chi connectivity index (χ0n) is 17.0. The molecule has 2 aromatic rings. The SMILES string of the molecule is CCN(Cc1ccc(OC)c(OC)c1)C(=O)C1(c2cc(C)cc(C)c2)CC1. The molecule has 0 aliphatic heterocycles. The molecule has 0 heterocycles. The van der Waals surface area contributed by atoms with Crippen LogP contribution in [0.2, 0.25) is 0 Å². The van der Waals surface area contributed by atoms with Gasteiger partial charge in [0, 0.05) is 13.1 Å². The van der Waals surface area contributed by atoms with E-state index in [0.717, 1.165) is 24.0 Å². The van der Waals surface area contributed by atoms with Crippen LogP contribution in [-0.2, 0) is 16.8 Å². The number of amides is 1. The van der Waals surface area contributed by atoms with Crippen LogP contribution < -0.4 is 9.47 Å². The van der Waals surface area contributed by atoms with E-state index in [2.05, 4.69) is 32.0 Å². The Kier molecular flexibility index (Phi) is 5.45. The van der Waals surface area contributed by atoms with Gasteiger partial charge in [-0.25, -0.2) is 0 Å². The van der Waals surface area contributed by atoms with Gasteiger partial charge >= 0.3 is 0 Å². The number of aryl methyl sites for hydroxylation is 2. The van der Waals surface area contributed by atoms with Crippen LogP contribution in [0.3, 0.4) is 0 Å². The Labute approximate surface area is 162 Å². The van der Waals surface area contributed by atoms with Gasteiger partial charge in [-0.3, -0.25) is 4.79 Å². The molecule has 4 nitrogen and oxygen atoms in total. The van der Waals surface area contributed by atoms with E-state index < -0.39 is 0 Å². The van der Waals surface area contributed by atoms with Gasteiger partial charge in [0.1, 0.15) is 0 Å². The second-order valence-corrected chi connectivity index (χ2v) is 7.47. The number of carbonyl (C=O) groups excluding carboxylic acids is 1. The van der Waals surface area contributed by atoms with Crippen LogP contribution >= 0.6 is 0 Å². The second kappa shape index (κ2) is 7.63. The first-order valence-corrected chi connectivity index (χ1v) is 9.52. The highest BCUT2D eigenvalue weighted by molar-refractivity contribution is 5.91. The van der Waals surface area contributed by atoms with Gasteiger partial charge in [0.15, 0.2) is 11.5 Å². The lowest BCUT2D eigenvalue weighted by molar-refractivity contribution is -0.134. The molecule has 0 spiro atoms. The maximum atomic E-state index is 13.4. The molecule has 1 saturated carbocycles. The summed E-state index contributed by atoms with van der Waals surface area (Å²) in [6, 6.07) is 12.3. The first-order chi connectivity index (χ1) is 12.9. The van der Waals surface area contributed by atoms with E-state index in [1.807, 2.05) is 30.0 Å². The van der Waals surface area contributed by atoms with Crippen LogP contribution in [0.4, 0.5) is 0 Å². The van der Waals surface area contributed by atoms with Gasteiger partial charge in [0.2, 0.25) is 5.91 Å². The van der Waals surface area contributed by atoms with Gasteiger partial charge in [-0.15, -0.1) is 0 Å². The van der Waals surface area contributed by atoms with Crippen molar-refractivity contribution >= 4 is 5.91 Å². The monoisotopic (exact) mass is 367 g/mol. The van der Waals surface area contributed by atoms with Crippen molar-refractivity contribution in [2.45, 2.75) is 45.6 Å². The van der Waals surface area contributed by atoms with Crippen molar-refractivity contribution in [2.75, 3.05) is 20.8 Å². The first-order valence-electron chi connectivity index (χ1n) is 9.52. The number of ether oxygens (including phenoxy) is 2. The predicted molar refractivity (Wildman–Crippen MR) is 107 cm³/mol. The van der Waals surface area contributed by atoms with E-state index in [-0.39, 0.29) is 11.3 Å². The highest BCUT2D eigenvalue weighted by atomic mass is 16.5. The maximum Gasteiger partial charge on any atom is 0.233 e. The normalized spacial score (nSPS) is 14.6. The fourth-order valence-corrected chi connectivity index (χ4v) is 3.83. The number of nitrogens with zero attached hydrogens (tertiary/aromatic N) is 1. The molecule has 0 unspecified atom stereocenters. The largest absolute Gasteiger partial charge is 0.493 e. The Bertz CT molecular complexity index is 819. The summed E-state index contributed by atoms with van der Waals surface area (Å²) >= 11 is 0. The van der Waals surface area contributed by atoms with Crippen molar-refractivity contribution in [2.24, 2.45) is 0 Å². The summed E-state index contributed by atoms with van der Waals surface area (Å²) in [6.07, 6.45) is 1.86. The minimum Gasteiger partial charge on any atom is -0.493 e. The summed E-state index contributed by atoms with van der Waals surface area (Å²) in [5, 5.41) is 0. The maximum absolute atomic E-state index is 13.4. The molecular formula is C23H29NO3. The van der Waals surface area contributed by atoms with Crippen LogP contribution in [0.1, 0.15) is 42.0 Å². The summed E-state index contributed by atoms with van der Waals surface area (Å²) in [5.74, 6) is 1.61. The molecule has 1 aliphatic carbocycles. The van der Waals surface area contributed by atoms with E-state index in [0.29, 0.717) is 24.6 Å². The van der Waals surface area contributed by atoms with Crippen LogP contribution in [0.25, 0.3) is 0 Å². The van der Waals surface area contributed by atoms with E-state index in [1.165, 1.54) is 11.1 Å². The molecule has 144 valence electrons. The van der Waals surface area contributed by atoms with E-state index in [9.17, 15) is 4.79 Å². The van der Waals surface area contributed by atoms with Gasteiger partial charge in [-0.1, -0.05) is 35.4 Å². The predicted octanol–water partition coefficient (Wildman–Crippen LogP) is 4.40. The fraction of sp³-hybridized carbons (Fsp3) is 0.435. The Morgan fingerprint density at radius 2 is 1.63 bits per heavy atom. The van der Waals surface area contributed by atoms with E-state index in [4.69, 9.17) is 9.47 Å². The quantitative estimate of drug-likeness (QED) is 0.728. The molecule has 0 saturated heterocycles. The van der Waals surface area contributed by atoms with Crippen LogP contribution in [0, 0.1) is 13.8 Å². The van der Waals surface area contributed by atoms with Gasteiger partial charge < -0.3 is 14.4 Å². The van der Waals surface area contributed by atoms with Gasteiger partial charge in [0.05, 0.1) is 19.6 Å². The molecule has 0 N–H and O–H groups in total. The standard InChI is InChI=1S/C23H29NO3/c1-6-24(15-18-7-8-20(26-4)21(14-18)27-5)22(25)23(9-10-23)19-12-16(2)11-17(3)13-19/h7-8,11-14H,6,9-10,15H2,1-5H3. The average molecular weight is 367 g/mol. The Balaban J connectivity index is 1.84. The first kappa shape index (κ1) is 19.3. The molecule has 0 bridgehead atoms. The molecule has 1 aliphatic rings. The van der Waals surface area contributed by atoms with Crippen molar-refractivity contribution in [3.63, 3.8) is 0 Å². The highest BCUT2D eigenvalue weighted by Gasteiger charge is 2.52. The minimum absolute atomic E-state index is 0.227. The number of benzene rings is 2. The molecule has 0 radical (unpaired) electrons. The summed E-state index contributed by atoms with van der Waals surface area (Å²) in [4.78, 5) is 15.4. The lowest BCUT2D eigenvalue weighted by Crippen LogP contribution is -2.38. The highest BCUT2D eigenvalue weighted by Crippen LogP contribution is 2.50. The van der Waals surface area contributed by atoms with E-state index in [1.54, 1.807) is 14.2 Å². The third-order valence-corrected chi connectivity index (χ3v) is 5.42. The fourth-order valence-electron chi connectivity index (χ4n) is 3.83. The molecule has 2 aromatic carbocycles. The van der Waals surface area contributed by atoms with Crippen molar-refractivity contribution in [1.29, 1.82) is 0 Å². The molecule has 4 heteroatoms. The third-order valence-electron chi connectivity index (χ3n) is 5.42. The van der Waals surface area contributed by atoms with Crippen LogP contribution in [0.5, 0.6) is 11.5 Å². The lowest BCUT2D eigenvalue weighted by Gasteiger charge is -2.27. The zero-order valence-corrected chi connectivity index (χ0v) is 17.0. The Morgan fingerprint density at radius 3 is 2.15 bits per heavy atom. The number of carbonyl (C=O) groups is 1. The smallest absolute Gasteiger partial charge is 0.233 e. The Morgan fingerprint density at radius 1 is 1.00 bits per heavy atom. The van der Waals surface area contributed by atoms with Crippen LogP contribution in [-0.4, -0.2) is 31.6 Å². The molecule has 1 amide bonds. The molecule has 0 atom stereocenters. The molecule has 0 aromatic heterocycles. The summed E-state index contributed by atoms with van der Waals surface area (Å²) in [7, 11) is 3.25. The summed E-state index contributed by atoms with van der Waals surface area (Å²) < 4.78 is 10.7. The number of likely N-dealkylation sites (N-methyl/N-ethyl adjacent to an activating group) is 1. The van der Waals surface area contributed by atoms with Crippen LogP contribution in [0.15, 0.2) is 36.4 Å². The summed E-state index contributed by atoms with van der Waals surface area (Å²) in [5.41, 5.74) is 4.29. The van der Waals surface area contributed by atoms with Crippen molar-refractivity contribution < 1.29 is 14.3 Å². The van der Waals surface area contributed by atoms with Gasteiger partial charge in [0.25, 0.3) is 0 Å². The number of hydrogen-bond donors (Lipinski definition) is 0. The molecule has 3 rings (SSSR count). The van der Waals surface area contributed by atoms with Crippen molar-refractivity contribution in [1.82, 2.24) is 4.90 Å². The topological polar surface area (TPSA) is 38.8 Å². The molecule has 1 fully saturated rings. The number of hydrogen-bond acceptors (Lipinski definition) is 3. The van der Waals surface area contributed by atoms with E-state index >= 15 is 0 Å². The second-order valence-electron chi connectivity index (χ2n) is 7.47. The van der Waals surface area contributed by atoms with Crippen molar-refractivity contribution in [3.05, 3.63) is 58.7 Å². The average Bonchev–Trinajstić information content (AvgIpc) is 3.46. The van der Waals surface area contributed by atoms with Crippen molar-refractivity contribution in [3.8, 4) is 11.5 Å². The lowest BCUT2D eigenvalue weighted by atomic mass is 9.91.